The van der Waals surface area contributed by atoms with E-state index in [0.717, 1.165) is 0 Å². The Morgan fingerprint density at radius 2 is 1.69 bits per heavy atom. The van der Waals surface area contributed by atoms with Crippen molar-refractivity contribution in [3.63, 3.8) is 0 Å². The number of anilines is 2. The molecule has 9 heteroatoms. The molecule has 0 saturated carbocycles. The lowest BCUT2D eigenvalue weighted by atomic mass is 10.3. The fraction of sp³-hybridized carbons (Fsp3) is 0.235. The molecule has 1 aliphatic heterocycles. The molecule has 138 valence electrons. The van der Waals surface area contributed by atoms with Gasteiger partial charge in [-0.2, -0.15) is 4.31 Å². The number of sulfonamides is 1. The highest BCUT2D eigenvalue weighted by Crippen LogP contribution is 2.19. The summed E-state index contributed by atoms with van der Waals surface area (Å²) in [6.07, 6.45) is 0. The molecule has 2 aromatic rings. The summed E-state index contributed by atoms with van der Waals surface area (Å²) in [6, 6.07) is 12.2. The number of rotatable bonds is 4. The summed E-state index contributed by atoms with van der Waals surface area (Å²) in [5.74, 6) is -0.365. The van der Waals surface area contributed by atoms with Crippen LogP contribution in [-0.4, -0.2) is 44.1 Å². The van der Waals surface area contributed by atoms with Gasteiger partial charge in [0.25, 0.3) is 0 Å². The maximum atomic E-state index is 13.2. The number of benzene rings is 2. The molecule has 0 spiro atoms. The van der Waals surface area contributed by atoms with Gasteiger partial charge in [-0.05, 0) is 54.7 Å². The summed E-state index contributed by atoms with van der Waals surface area (Å²) in [4.78, 5) is 0.217. The number of ether oxygens (including phenoxy) is 1. The molecule has 0 amide bonds. The number of hydrogen-bond donors (Lipinski definition) is 2. The third-order valence-electron chi connectivity index (χ3n) is 3.80. The van der Waals surface area contributed by atoms with E-state index in [0.29, 0.717) is 37.7 Å². The highest BCUT2D eigenvalue weighted by molar-refractivity contribution is 7.89. The van der Waals surface area contributed by atoms with E-state index in [1.807, 2.05) is 0 Å². The maximum absolute atomic E-state index is 13.2. The molecule has 2 aromatic carbocycles. The predicted octanol–water partition coefficient (Wildman–Crippen LogP) is 2.66. The monoisotopic (exact) mass is 395 g/mol. The molecule has 1 fully saturated rings. The van der Waals surface area contributed by atoms with Crippen LogP contribution in [0.25, 0.3) is 0 Å². The highest BCUT2D eigenvalue weighted by atomic mass is 32.2. The van der Waals surface area contributed by atoms with Crippen LogP contribution in [0.4, 0.5) is 15.8 Å². The Bertz CT molecular complexity index is 882. The Labute approximate surface area is 157 Å². The van der Waals surface area contributed by atoms with Crippen molar-refractivity contribution in [2.24, 2.45) is 0 Å². The van der Waals surface area contributed by atoms with Crippen molar-refractivity contribution in [1.82, 2.24) is 4.31 Å². The minimum atomic E-state index is -3.53. The van der Waals surface area contributed by atoms with Gasteiger partial charge in [-0.1, -0.05) is 6.07 Å². The SMILES string of the molecule is O=S(=O)(c1ccc(NC(=S)Nc2cccc(F)c2)cc1)N1CCOCC1. The van der Waals surface area contributed by atoms with Gasteiger partial charge in [0.05, 0.1) is 18.1 Å². The van der Waals surface area contributed by atoms with Crippen LogP contribution in [0.2, 0.25) is 0 Å². The van der Waals surface area contributed by atoms with E-state index in [4.69, 9.17) is 17.0 Å². The first-order valence-electron chi connectivity index (χ1n) is 7.97. The minimum absolute atomic E-state index is 0.217. The van der Waals surface area contributed by atoms with E-state index in [9.17, 15) is 12.8 Å². The van der Waals surface area contributed by atoms with Gasteiger partial charge in [-0.15, -0.1) is 0 Å². The van der Waals surface area contributed by atoms with E-state index >= 15 is 0 Å². The van der Waals surface area contributed by atoms with Gasteiger partial charge in [-0.3, -0.25) is 0 Å². The topological polar surface area (TPSA) is 70.7 Å². The van der Waals surface area contributed by atoms with E-state index < -0.39 is 10.0 Å². The smallest absolute Gasteiger partial charge is 0.243 e. The quantitative estimate of drug-likeness (QED) is 0.776. The molecule has 0 aromatic heterocycles. The molecule has 3 rings (SSSR count). The second-order valence-corrected chi connectivity index (χ2v) is 7.98. The lowest BCUT2D eigenvalue weighted by Gasteiger charge is -2.26. The second kappa shape index (κ2) is 8.09. The van der Waals surface area contributed by atoms with Crippen molar-refractivity contribution in [3.8, 4) is 0 Å². The van der Waals surface area contributed by atoms with Crippen molar-refractivity contribution >= 4 is 38.7 Å². The zero-order valence-electron chi connectivity index (χ0n) is 13.8. The van der Waals surface area contributed by atoms with E-state index in [1.54, 1.807) is 24.3 Å². The van der Waals surface area contributed by atoms with Crippen LogP contribution in [-0.2, 0) is 14.8 Å². The van der Waals surface area contributed by atoms with Crippen molar-refractivity contribution in [3.05, 3.63) is 54.3 Å². The molecule has 0 aliphatic carbocycles. The summed E-state index contributed by atoms with van der Waals surface area (Å²) < 4.78 is 44.9. The summed E-state index contributed by atoms with van der Waals surface area (Å²) in [5, 5.41) is 6.08. The van der Waals surface area contributed by atoms with Crippen molar-refractivity contribution in [2.75, 3.05) is 36.9 Å². The Hall–Kier alpha value is -2.07. The number of hydrogen-bond acceptors (Lipinski definition) is 4. The molecule has 1 heterocycles. The van der Waals surface area contributed by atoms with Gasteiger partial charge in [0.2, 0.25) is 10.0 Å². The molecule has 0 unspecified atom stereocenters. The molecule has 0 bridgehead atoms. The van der Waals surface area contributed by atoms with E-state index in [1.165, 1.54) is 28.6 Å². The van der Waals surface area contributed by atoms with Crippen LogP contribution in [0.3, 0.4) is 0 Å². The fourth-order valence-corrected chi connectivity index (χ4v) is 4.15. The van der Waals surface area contributed by atoms with Crippen LogP contribution >= 0.6 is 12.2 Å². The van der Waals surface area contributed by atoms with Gasteiger partial charge < -0.3 is 15.4 Å². The van der Waals surface area contributed by atoms with E-state index in [2.05, 4.69) is 10.6 Å². The Morgan fingerprint density at radius 1 is 1.04 bits per heavy atom. The van der Waals surface area contributed by atoms with Crippen molar-refractivity contribution < 1.29 is 17.5 Å². The molecule has 6 nitrogen and oxygen atoms in total. The lowest BCUT2D eigenvalue weighted by molar-refractivity contribution is 0.0730. The van der Waals surface area contributed by atoms with Gasteiger partial charge in [0.15, 0.2) is 5.11 Å². The summed E-state index contributed by atoms with van der Waals surface area (Å²) in [7, 11) is -3.53. The first kappa shape index (κ1) is 18.7. The number of halogens is 1. The van der Waals surface area contributed by atoms with E-state index in [-0.39, 0.29) is 15.8 Å². The van der Waals surface area contributed by atoms with Crippen LogP contribution in [0.1, 0.15) is 0 Å². The molecule has 2 N–H and O–H groups in total. The molecular weight excluding hydrogens is 377 g/mol. The first-order valence-corrected chi connectivity index (χ1v) is 9.81. The van der Waals surface area contributed by atoms with Gasteiger partial charge >= 0.3 is 0 Å². The van der Waals surface area contributed by atoms with Gasteiger partial charge in [-0.25, -0.2) is 12.8 Å². The Kier molecular flexibility index (Phi) is 5.82. The normalized spacial score (nSPS) is 15.4. The largest absolute Gasteiger partial charge is 0.379 e. The highest BCUT2D eigenvalue weighted by Gasteiger charge is 2.26. The summed E-state index contributed by atoms with van der Waals surface area (Å²) in [6.45, 7) is 1.51. The van der Waals surface area contributed by atoms with Crippen LogP contribution < -0.4 is 10.6 Å². The number of morpholine rings is 1. The first-order chi connectivity index (χ1) is 12.4. The molecule has 1 saturated heterocycles. The third-order valence-corrected chi connectivity index (χ3v) is 5.92. The minimum Gasteiger partial charge on any atom is -0.379 e. The Morgan fingerprint density at radius 3 is 2.35 bits per heavy atom. The summed E-state index contributed by atoms with van der Waals surface area (Å²) in [5.41, 5.74) is 1.15. The average Bonchev–Trinajstić information content (AvgIpc) is 2.63. The molecule has 0 atom stereocenters. The van der Waals surface area contributed by atoms with Gasteiger partial charge in [0, 0.05) is 24.5 Å². The Balaban J connectivity index is 1.64. The van der Waals surface area contributed by atoms with Gasteiger partial charge in [0.1, 0.15) is 5.82 Å². The van der Waals surface area contributed by atoms with Crippen LogP contribution in [0.15, 0.2) is 53.4 Å². The van der Waals surface area contributed by atoms with Crippen LogP contribution in [0, 0.1) is 5.82 Å². The second-order valence-electron chi connectivity index (χ2n) is 5.63. The number of thiocarbonyl (C=S) groups is 1. The van der Waals surface area contributed by atoms with Crippen molar-refractivity contribution in [1.29, 1.82) is 0 Å². The third kappa shape index (κ3) is 4.55. The molecule has 1 aliphatic rings. The molecule has 0 radical (unpaired) electrons. The zero-order chi connectivity index (χ0) is 18.6. The maximum Gasteiger partial charge on any atom is 0.243 e. The number of nitrogens with zero attached hydrogens (tertiary/aromatic N) is 1. The molecule has 26 heavy (non-hydrogen) atoms. The molecular formula is C17H18FN3O3S2. The standard InChI is InChI=1S/C17H18FN3O3S2/c18-13-2-1-3-15(12-13)20-17(25)19-14-4-6-16(7-5-14)26(22,23)21-8-10-24-11-9-21/h1-7,12H,8-11H2,(H2,19,20,25). The summed E-state index contributed by atoms with van der Waals surface area (Å²) >= 11 is 5.18. The fourth-order valence-electron chi connectivity index (χ4n) is 2.51. The predicted molar refractivity (Wildman–Crippen MR) is 102 cm³/mol. The lowest BCUT2D eigenvalue weighted by Crippen LogP contribution is -2.40. The van der Waals surface area contributed by atoms with Crippen LogP contribution in [0.5, 0.6) is 0 Å². The number of nitrogens with one attached hydrogen (secondary N) is 2. The van der Waals surface area contributed by atoms with Crippen molar-refractivity contribution in [2.45, 2.75) is 4.90 Å². The average molecular weight is 395 g/mol. The zero-order valence-corrected chi connectivity index (χ0v) is 15.4.